The van der Waals surface area contributed by atoms with Crippen LogP contribution in [0.5, 0.6) is 5.75 Å². The second-order valence-corrected chi connectivity index (χ2v) is 9.95. The number of nitrogens with one attached hydrogen (secondary N) is 1. The first kappa shape index (κ1) is 23.6. The topological polar surface area (TPSA) is 79.1 Å². The van der Waals surface area contributed by atoms with Gasteiger partial charge in [-0.25, -0.2) is 4.79 Å². The van der Waals surface area contributed by atoms with Gasteiger partial charge in [-0.15, -0.1) is 5.10 Å². The summed E-state index contributed by atoms with van der Waals surface area (Å²) in [4.78, 5) is 11.1. The summed E-state index contributed by atoms with van der Waals surface area (Å²) in [5.74, 6) is 1.40. The molecular formula is C27H28N3O3S+. The quantitative estimate of drug-likeness (QED) is 0.267. The number of benzene rings is 3. The second kappa shape index (κ2) is 9.73. The molecule has 0 unspecified atom stereocenters. The maximum atomic E-state index is 11.1. The van der Waals surface area contributed by atoms with Gasteiger partial charge < -0.3 is 9.84 Å². The number of carboxylic acids is 1. The Morgan fingerprint density at radius 3 is 2.21 bits per heavy atom. The molecule has 0 amide bonds. The molecule has 1 heterocycles. The fourth-order valence-corrected chi connectivity index (χ4v) is 4.50. The minimum atomic E-state index is -0.925. The zero-order valence-electron chi connectivity index (χ0n) is 19.7. The molecule has 0 aliphatic heterocycles. The predicted molar refractivity (Wildman–Crippen MR) is 134 cm³/mol. The van der Waals surface area contributed by atoms with E-state index in [2.05, 4.69) is 59.8 Å². The highest BCUT2D eigenvalue weighted by Crippen LogP contribution is 2.27. The van der Waals surface area contributed by atoms with E-state index in [9.17, 15) is 4.79 Å². The van der Waals surface area contributed by atoms with Gasteiger partial charge in [0.15, 0.2) is 0 Å². The molecule has 0 saturated heterocycles. The third kappa shape index (κ3) is 5.15. The van der Waals surface area contributed by atoms with E-state index in [4.69, 9.17) is 9.84 Å². The zero-order chi connectivity index (χ0) is 24.3. The summed E-state index contributed by atoms with van der Waals surface area (Å²) in [6.07, 6.45) is 0. The first-order valence-corrected chi connectivity index (χ1v) is 12.0. The van der Waals surface area contributed by atoms with E-state index in [-0.39, 0.29) is 11.0 Å². The molecule has 4 aromatic rings. The summed E-state index contributed by atoms with van der Waals surface area (Å²) in [6, 6.07) is 23.4. The van der Waals surface area contributed by atoms with Crippen molar-refractivity contribution >= 4 is 17.7 Å². The maximum Gasteiger partial charge on any atom is 0.342 e. The van der Waals surface area contributed by atoms with Crippen LogP contribution in [0.1, 0.15) is 42.3 Å². The van der Waals surface area contributed by atoms with Gasteiger partial charge in [0.1, 0.15) is 11.4 Å². The molecule has 0 radical (unpaired) electrons. The van der Waals surface area contributed by atoms with Crippen LogP contribution in [-0.4, -0.2) is 28.4 Å². The van der Waals surface area contributed by atoms with Crippen molar-refractivity contribution < 1.29 is 19.2 Å². The SMILES string of the molecule is COc1ccc(-[n+]2c(SCc3ccc(C(=O)O)cc3)n[nH]c2-c2ccc(C(C)(C)C)cc2)cc1. The van der Waals surface area contributed by atoms with Gasteiger partial charge in [0, 0.05) is 5.75 Å². The van der Waals surface area contributed by atoms with E-state index in [1.54, 1.807) is 31.0 Å². The lowest BCUT2D eigenvalue weighted by Gasteiger charge is -2.18. The Morgan fingerprint density at radius 2 is 1.65 bits per heavy atom. The Balaban J connectivity index is 1.68. The average molecular weight is 475 g/mol. The molecule has 0 bridgehead atoms. The van der Waals surface area contributed by atoms with Crippen LogP contribution in [0.25, 0.3) is 17.1 Å². The van der Waals surface area contributed by atoms with Crippen LogP contribution in [0.15, 0.2) is 78.0 Å². The summed E-state index contributed by atoms with van der Waals surface area (Å²) in [6.45, 7) is 6.61. The summed E-state index contributed by atoms with van der Waals surface area (Å²) in [5.41, 5.74) is 4.65. The summed E-state index contributed by atoms with van der Waals surface area (Å²) < 4.78 is 7.43. The van der Waals surface area contributed by atoms with Gasteiger partial charge in [0.05, 0.1) is 23.3 Å². The van der Waals surface area contributed by atoms with E-state index in [0.717, 1.165) is 33.5 Å². The number of aromatic carboxylic acids is 1. The summed E-state index contributed by atoms with van der Waals surface area (Å²) in [5, 5.41) is 17.8. The minimum absolute atomic E-state index is 0.0790. The van der Waals surface area contributed by atoms with Gasteiger partial charge in [-0.3, -0.25) is 0 Å². The molecule has 3 aromatic carbocycles. The molecule has 0 atom stereocenters. The van der Waals surface area contributed by atoms with Gasteiger partial charge in [0.25, 0.3) is 5.82 Å². The van der Waals surface area contributed by atoms with E-state index >= 15 is 0 Å². The third-order valence-corrected chi connectivity index (χ3v) is 6.61. The summed E-state index contributed by atoms with van der Waals surface area (Å²) >= 11 is 1.58. The molecule has 174 valence electrons. The van der Waals surface area contributed by atoms with Gasteiger partial charge >= 0.3 is 11.1 Å². The lowest BCUT2D eigenvalue weighted by Crippen LogP contribution is -2.34. The minimum Gasteiger partial charge on any atom is -0.497 e. The van der Waals surface area contributed by atoms with Gasteiger partial charge in [-0.1, -0.05) is 45.0 Å². The zero-order valence-corrected chi connectivity index (χ0v) is 20.5. The lowest BCUT2D eigenvalue weighted by molar-refractivity contribution is -0.625. The van der Waals surface area contributed by atoms with Crippen molar-refractivity contribution in [3.63, 3.8) is 0 Å². The van der Waals surface area contributed by atoms with E-state index in [1.807, 2.05) is 36.4 Å². The molecule has 0 fully saturated rings. The average Bonchev–Trinajstić information content (AvgIpc) is 3.26. The van der Waals surface area contributed by atoms with Crippen molar-refractivity contribution in [1.82, 2.24) is 10.2 Å². The van der Waals surface area contributed by atoms with Crippen LogP contribution in [0.4, 0.5) is 0 Å². The molecule has 34 heavy (non-hydrogen) atoms. The van der Waals surface area contributed by atoms with Gasteiger partial charge in [-0.2, -0.15) is 4.57 Å². The fourth-order valence-electron chi connectivity index (χ4n) is 3.58. The van der Waals surface area contributed by atoms with Crippen LogP contribution in [-0.2, 0) is 11.2 Å². The highest BCUT2D eigenvalue weighted by atomic mass is 32.2. The molecule has 4 rings (SSSR count). The molecule has 1 aromatic heterocycles. The number of rotatable bonds is 7. The van der Waals surface area contributed by atoms with Crippen molar-refractivity contribution in [2.45, 2.75) is 37.1 Å². The van der Waals surface area contributed by atoms with Crippen molar-refractivity contribution in [2.75, 3.05) is 7.11 Å². The van der Waals surface area contributed by atoms with Crippen LogP contribution in [0, 0.1) is 0 Å². The number of nitrogens with zero attached hydrogens (tertiary/aromatic N) is 2. The highest BCUT2D eigenvalue weighted by Gasteiger charge is 2.24. The molecule has 0 spiro atoms. The molecule has 6 nitrogen and oxygen atoms in total. The number of aromatic nitrogens is 3. The Hall–Kier alpha value is -3.58. The molecule has 0 aliphatic carbocycles. The van der Waals surface area contributed by atoms with Crippen molar-refractivity contribution in [2.24, 2.45) is 0 Å². The van der Waals surface area contributed by atoms with Crippen molar-refractivity contribution in [3.8, 4) is 22.8 Å². The van der Waals surface area contributed by atoms with Crippen LogP contribution < -0.4 is 9.30 Å². The number of aromatic amines is 1. The molecule has 0 aliphatic rings. The smallest absolute Gasteiger partial charge is 0.342 e. The number of carbonyl (C=O) groups is 1. The molecule has 2 N–H and O–H groups in total. The largest absolute Gasteiger partial charge is 0.497 e. The first-order valence-electron chi connectivity index (χ1n) is 11.0. The molecular weight excluding hydrogens is 446 g/mol. The number of H-pyrrole nitrogens is 1. The molecule has 7 heteroatoms. The Kier molecular flexibility index (Phi) is 6.75. The normalized spacial score (nSPS) is 11.4. The van der Waals surface area contributed by atoms with E-state index in [1.165, 1.54) is 5.56 Å². The van der Waals surface area contributed by atoms with Crippen LogP contribution in [0.3, 0.4) is 0 Å². The third-order valence-electron chi connectivity index (χ3n) is 5.60. The van der Waals surface area contributed by atoms with E-state index in [0.29, 0.717) is 5.75 Å². The van der Waals surface area contributed by atoms with E-state index < -0.39 is 5.97 Å². The summed E-state index contributed by atoms with van der Waals surface area (Å²) in [7, 11) is 1.65. The van der Waals surface area contributed by atoms with Crippen molar-refractivity contribution in [1.29, 1.82) is 0 Å². The predicted octanol–water partition coefficient (Wildman–Crippen LogP) is 5.65. The number of methoxy groups -OCH3 is 1. The standard InChI is InChI=1S/C27H27N3O3S/c1-27(2,3)21-11-9-19(10-12-21)24-28-29-26(30(24)22-13-15-23(33-4)16-14-22)34-17-18-5-7-20(8-6-18)25(31)32/h5-16H,17H2,1-4H3,(H,31,32)/p+1. The number of carboxylic acid groups (broad SMARTS) is 1. The van der Waals surface area contributed by atoms with Crippen molar-refractivity contribution in [3.05, 3.63) is 89.5 Å². The fraction of sp³-hybridized carbons (Fsp3) is 0.222. The van der Waals surface area contributed by atoms with Crippen LogP contribution in [0.2, 0.25) is 0 Å². The number of hydrogen-bond donors (Lipinski definition) is 2. The Morgan fingerprint density at radius 1 is 1.00 bits per heavy atom. The Labute approximate surface area is 203 Å². The van der Waals surface area contributed by atoms with Gasteiger partial charge in [0.2, 0.25) is 0 Å². The number of ether oxygens (including phenoxy) is 1. The highest BCUT2D eigenvalue weighted by molar-refractivity contribution is 7.98. The monoisotopic (exact) mass is 474 g/mol. The first-order chi connectivity index (χ1) is 16.3. The molecule has 0 saturated carbocycles. The number of hydrogen-bond acceptors (Lipinski definition) is 4. The Bertz CT molecular complexity index is 1270. The lowest BCUT2D eigenvalue weighted by atomic mass is 9.87. The number of thioether (sulfide) groups is 1. The van der Waals surface area contributed by atoms with Crippen LogP contribution >= 0.6 is 11.8 Å². The second-order valence-electron chi connectivity index (χ2n) is 9.01. The van der Waals surface area contributed by atoms with Gasteiger partial charge in [-0.05, 0) is 76.8 Å². The maximum absolute atomic E-state index is 11.1.